The topological polar surface area (TPSA) is 60.4 Å². The van der Waals surface area contributed by atoms with Crippen LogP contribution in [0.15, 0.2) is 0 Å². The van der Waals surface area contributed by atoms with Crippen molar-refractivity contribution in [3.8, 4) is 0 Å². The molecule has 0 heterocycles. The number of rotatable bonds is 5. The van der Waals surface area contributed by atoms with Gasteiger partial charge < -0.3 is 4.74 Å². The van der Waals surface area contributed by atoms with Gasteiger partial charge in [-0.25, -0.2) is 8.42 Å². The summed E-state index contributed by atoms with van der Waals surface area (Å²) in [4.78, 5) is 9.56. The lowest BCUT2D eigenvalue weighted by atomic mass is 10.5. The van der Waals surface area contributed by atoms with E-state index in [2.05, 4.69) is 4.74 Å². The Kier molecular flexibility index (Phi) is 4.02. The second kappa shape index (κ2) is 4.27. The molecule has 60 valence electrons. The first-order chi connectivity index (χ1) is 4.56. The number of hydrogen-bond acceptors (Lipinski definition) is 4. The van der Waals surface area contributed by atoms with Gasteiger partial charge in [-0.1, -0.05) is 0 Å². The van der Waals surface area contributed by atoms with E-state index < -0.39 is 9.84 Å². The lowest BCUT2D eigenvalue weighted by Gasteiger charge is -1.95. The van der Waals surface area contributed by atoms with E-state index in [4.69, 9.17) is 0 Å². The Morgan fingerprint density at radius 2 is 2.10 bits per heavy atom. The Labute approximate surface area is 60.1 Å². The van der Waals surface area contributed by atoms with Crippen LogP contribution in [-0.4, -0.2) is 33.5 Å². The van der Waals surface area contributed by atoms with Gasteiger partial charge in [0.05, 0.1) is 12.4 Å². The van der Waals surface area contributed by atoms with Crippen LogP contribution in [0.4, 0.5) is 0 Å². The molecule has 0 aliphatic carbocycles. The molecule has 0 spiro atoms. The van der Waals surface area contributed by atoms with E-state index in [1.807, 2.05) is 0 Å². The quantitative estimate of drug-likeness (QED) is 0.411. The molecule has 0 fully saturated rings. The Morgan fingerprint density at radius 3 is 2.50 bits per heavy atom. The second-order valence-corrected chi connectivity index (χ2v) is 4.21. The minimum Gasteiger partial charge on any atom is -0.468 e. The molecule has 0 bridgehead atoms. The molecule has 0 aromatic carbocycles. The van der Waals surface area contributed by atoms with Crippen LogP contribution >= 0.6 is 0 Å². The molecular weight excluding hydrogens is 156 g/mol. The molecule has 0 atom stereocenters. The molecule has 0 N–H and O–H groups in total. The van der Waals surface area contributed by atoms with Gasteiger partial charge in [0.2, 0.25) is 0 Å². The Morgan fingerprint density at radius 1 is 1.50 bits per heavy atom. The zero-order valence-electron chi connectivity index (χ0n) is 5.74. The highest BCUT2D eigenvalue weighted by Crippen LogP contribution is 1.87. The van der Waals surface area contributed by atoms with Crippen molar-refractivity contribution in [1.29, 1.82) is 0 Å². The third-order valence-corrected chi connectivity index (χ3v) is 1.88. The first-order valence-corrected chi connectivity index (χ1v) is 4.85. The Bertz CT molecular complexity index is 182. The minimum absolute atomic E-state index is 0.0703. The fourth-order valence-electron chi connectivity index (χ4n) is 0.453. The highest BCUT2D eigenvalue weighted by Gasteiger charge is 1.99. The van der Waals surface area contributed by atoms with Crippen molar-refractivity contribution < 1.29 is 17.9 Å². The molecule has 0 aromatic rings. The van der Waals surface area contributed by atoms with Crippen LogP contribution in [0.25, 0.3) is 0 Å². The van der Waals surface area contributed by atoms with E-state index in [1.165, 1.54) is 0 Å². The lowest BCUT2D eigenvalue weighted by Crippen LogP contribution is -2.05. The summed E-state index contributed by atoms with van der Waals surface area (Å²) < 4.78 is 25.2. The average Bonchev–Trinajstić information content (AvgIpc) is 1.78. The first-order valence-electron chi connectivity index (χ1n) is 2.79. The maximum absolute atomic E-state index is 10.5. The zero-order chi connectivity index (χ0) is 8.04. The van der Waals surface area contributed by atoms with Crippen molar-refractivity contribution in [2.24, 2.45) is 0 Å². The van der Waals surface area contributed by atoms with E-state index in [-0.39, 0.29) is 12.4 Å². The van der Waals surface area contributed by atoms with Gasteiger partial charge in [0.15, 0.2) is 0 Å². The molecule has 0 aliphatic rings. The summed E-state index contributed by atoms with van der Waals surface area (Å²) >= 11 is 0. The molecule has 0 rings (SSSR count). The molecule has 0 saturated carbocycles. The van der Waals surface area contributed by atoms with E-state index in [1.54, 1.807) is 0 Å². The second-order valence-electron chi connectivity index (χ2n) is 1.95. The number of ether oxygens (including phenoxy) is 1. The standard InChI is InChI=1S/C5H10O4S/c1-10(7,8)4-2-3-9-5-6/h5H,2-4H2,1H3. The van der Waals surface area contributed by atoms with Gasteiger partial charge in [0, 0.05) is 6.26 Å². The molecule has 4 nitrogen and oxygen atoms in total. The number of hydrogen-bond donors (Lipinski definition) is 0. The highest BCUT2D eigenvalue weighted by atomic mass is 32.2. The summed E-state index contributed by atoms with van der Waals surface area (Å²) in [6.07, 6.45) is 1.52. The van der Waals surface area contributed by atoms with Crippen LogP contribution < -0.4 is 0 Å². The van der Waals surface area contributed by atoms with Gasteiger partial charge in [-0.3, -0.25) is 4.79 Å². The predicted octanol–water partition coefficient (Wildman–Crippen LogP) is -0.406. The number of carbonyl (C=O) groups excluding carboxylic acids is 1. The van der Waals surface area contributed by atoms with Crippen LogP contribution in [0, 0.1) is 0 Å². The van der Waals surface area contributed by atoms with Gasteiger partial charge in [-0.05, 0) is 6.42 Å². The van der Waals surface area contributed by atoms with Crippen LogP contribution in [0.3, 0.4) is 0 Å². The summed E-state index contributed by atoms with van der Waals surface area (Å²) in [6.45, 7) is 0.485. The summed E-state index contributed by atoms with van der Waals surface area (Å²) in [5.41, 5.74) is 0. The van der Waals surface area contributed by atoms with Gasteiger partial charge in [-0.15, -0.1) is 0 Å². The molecule has 0 amide bonds. The third-order valence-electron chi connectivity index (χ3n) is 0.845. The van der Waals surface area contributed by atoms with Gasteiger partial charge >= 0.3 is 0 Å². The summed E-state index contributed by atoms with van der Waals surface area (Å²) in [7, 11) is -2.90. The van der Waals surface area contributed by atoms with Crippen LogP contribution in [0.1, 0.15) is 6.42 Å². The SMILES string of the molecule is CS(=O)(=O)CCCOC=O. The monoisotopic (exact) mass is 166 g/mol. The number of sulfone groups is 1. The van der Waals surface area contributed by atoms with Crippen LogP contribution in [0.5, 0.6) is 0 Å². The van der Waals surface area contributed by atoms with Crippen molar-refractivity contribution >= 4 is 16.3 Å². The summed E-state index contributed by atoms with van der Waals surface area (Å²) in [5.74, 6) is 0.0703. The fourth-order valence-corrected chi connectivity index (χ4v) is 1.09. The minimum atomic E-state index is -2.90. The third kappa shape index (κ3) is 7.42. The smallest absolute Gasteiger partial charge is 0.293 e. The Balaban J connectivity index is 3.29. The lowest BCUT2D eigenvalue weighted by molar-refractivity contribution is -0.128. The van der Waals surface area contributed by atoms with E-state index in [9.17, 15) is 13.2 Å². The fraction of sp³-hybridized carbons (Fsp3) is 0.800. The molecule has 0 aliphatic heterocycles. The first kappa shape index (κ1) is 9.42. The van der Waals surface area contributed by atoms with Crippen molar-refractivity contribution in [2.45, 2.75) is 6.42 Å². The van der Waals surface area contributed by atoms with Crippen molar-refractivity contribution in [1.82, 2.24) is 0 Å². The van der Waals surface area contributed by atoms with Crippen LogP contribution in [-0.2, 0) is 19.4 Å². The van der Waals surface area contributed by atoms with E-state index in [0.717, 1.165) is 6.26 Å². The average molecular weight is 166 g/mol. The van der Waals surface area contributed by atoms with E-state index in [0.29, 0.717) is 12.9 Å². The van der Waals surface area contributed by atoms with Crippen molar-refractivity contribution in [2.75, 3.05) is 18.6 Å². The maximum Gasteiger partial charge on any atom is 0.293 e. The van der Waals surface area contributed by atoms with Crippen LogP contribution in [0.2, 0.25) is 0 Å². The number of carbonyl (C=O) groups is 1. The van der Waals surface area contributed by atoms with Gasteiger partial charge in [0.25, 0.3) is 6.47 Å². The normalized spacial score (nSPS) is 10.9. The van der Waals surface area contributed by atoms with Gasteiger partial charge in [0.1, 0.15) is 9.84 Å². The largest absolute Gasteiger partial charge is 0.468 e. The summed E-state index contributed by atoms with van der Waals surface area (Å²) in [5, 5.41) is 0. The molecule has 0 aromatic heterocycles. The maximum atomic E-state index is 10.5. The molecule has 10 heavy (non-hydrogen) atoms. The van der Waals surface area contributed by atoms with Crippen molar-refractivity contribution in [3.63, 3.8) is 0 Å². The Hall–Kier alpha value is -0.580. The van der Waals surface area contributed by atoms with Gasteiger partial charge in [-0.2, -0.15) is 0 Å². The zero-order valence-corrected chi connectivity index (χ0v) is 6.56. The highest BCUT2D eigenvalue weighted by molar-refractivity contribution is 7.90. The predicted molar refractivity (Wildman–Crippen MR) is 36.3 cm³/mol. The van der Waals surface area contributed by atoms with E-state index >= 15 is 0 Å². The molecular formula is C5H10O4S. The molecule has 0 unspecified atom stereocenters. The molecule has 0 saturated heterocycles. The molecule has 5 heteroatoms. The summed E-state index contributed by atoms with van der Waals surface area (Å²) in [6, 6.07) is 0. The molecule has 0 radical (unpaired) electrons. The van der Waals surface area contributed by atoms with Crippen molar-refractivity contribution in [3.05, 3.63) is 0 Å².